The fourth-order valence-corrected chi connectivity index (χ4v) is 2.97. The zero-order chi connectivity index (χ0) is 19.7. The van der Waals surface area contributed by atoms with Gasteiger partial charge in [0.25, 0.3) is 0 Å². The predicted molar refractivity (Wildman–Crippen MR) is 105 cm³/mol. The van der Waals surface area contributed by atoms with Crippen LogP contribution in [0.25, 0.3) is 34.3 Å². The predicted octanol–water partition coefficient (Wildman–Crippen LogP) is 4.11. The number of anilines is 1. The molecule has 0 fully saturated rings. The number of hydrogen-bond donors (Lipinski definition) is 2. The van der Waals surface area contributed by atoms with E-state index in [1.807, 2.05) is 25.1 Å². The van der Waals surface area contributed by atoms with Crippen LogP contribution in [0.15, 0.2) is 47.3 Å². The molecule has 0 saturated heterocycles. The fourth-order valence-electron chi connectivity index (χ4n) is 2.74. The lowest BCUT2D eigenvalue weighted by Gasteiger charge is -2.05. The summed E-state index contributed by atoms with van der Waals surface area (Å²) in [6.45, 7) is 3.30. The highest BCUT2D eigenvalue weighted by Crippen LogP contribution is 2.38. The lowest BCUT2D eigenvalue weighted by molar-refractivity contribution is -0.114. The van der Waals surface area contributed by atoms with Gasteiger partial charge >= 0.3 is 0 Å². The van der Waals surface area contributed by atoms with E-state index in [0.29, 0.717) is 45.1 Å². The van der Waals surface area contributed by atoms with Gasteiger partial charge < -0.3 is 9.73 Å². The van der Waals surface area contributed by atoms with Gasteiger partial charge in [-0.2, -0.15) is 5.10 Å². The van der Waals surface area contributed by atoms with E-state index in [9.17, 15) is 4.79 Å². The van der Waals surface area contributed by atoms with E-state index in [1.54, 1.807) is 18.3 Å². The first kappa shape index (κ1) is 17.9. The molecule has 0 aliphatic rings. The molecule has 4 rings (SSSR count). The van der Waals surface area contributed by atoms with E-state index in [-0.39, 0.29) is 5.91 Å². The van der Waals surface area contributed by atoms with Gasteiger partial charge in [0, 0.05) is 24.2 Å². The first-order valence-electron chi connectivity index (χ1n) is 8.39. The largest absolute Gasteiger partial charge is 0.432 e. The van der Waals surface area contributed by atoms with Crippen molar-refractivity contribution in [3.63, 3.8) is 0 Å². The molecule has 0 unspecified atom stereocenters. The van der Waals surface area contributed by atoms with Crippen LogP contribution in [0.4, 0.5) is 5.82 Å². The minimum atomic E-state index is -0.215. The second-order valence-electron chi connectivity index (χ2n) is 6.06. The summed E-state index contributed by atoms with van der Waals surface area (Å²) in [6.07, 6.45) is 3.10. The molecular formula is C19H15ClN6O2. The zero-order valence-electron chi connectivity index (χ0n) is 15.0. The van der Waals surface area contributed by atoms with Gasteiger partial charge in [-0.1, -0.05) is 29.8 Å². The Bertz CT molecular complexity index is 1150. The molecule has 4 aromatic rings. The van der Waals surface area contributed by atoms with E-state index in [1.165, 1.54) is 13.3 Å². The molecule has 0 bridgehead atoms. The Morgan fingerprint density at radius 3 is 2.75 bits per heavy atom. The van der Waals surface area contributed by atoms with E-state index in [2.05, 4.69) is 30.5 Å². The van der Waals surface area contributed by atoms with Crippen molar-refractivity contribution in [2.45, 2.75) is 13.8 Å². The average Bonchev–Trinajstić information content (AvgIpc) is 3.32. The summed E-state index contributed by atoms with van der Waals surface area (Å²) in [4.78, 5) is 24.4. The molecule has 0 atom stereocenters. The highest BCUT2D eigenvalue weighted by Gasteiger charge is 2.23. The summed E-state index contributed by atoms with van der Waals surface area (Å²) < 4.78 is 6.04. The number of aromatic amines is 1. The van der Waals surface area contributed by atoms with Crippen LogP contribution >= 0.6 is 11.6 Å². The summed E-state index contributed by atoms with van der Waals surface area (Å²) in [5.41, 5.74) is 2.75. The van der Waals surface area contributed by atoms with Gasteiger partial charge in [-0.25, -0.2) is 15.0 Å². The van der Waals surface area contributed by atoms with Gasteiger partial charge in [0.2, 0.25) is 23.4 Å². The molecule has 8 nitrogen and oxygen atoms in total. The maximum Gasteiger partial charge on any atom is 0.228 e. The second-order valence-corrected chi connectivity index (χ2v) is 6.47. The monoisotopic (exact) mass is 394 g/mol. The number of carbonyl (C=O) groups excluding carboxylic acids is 1. The Morgan fingerprint density at radius 2 is 2.04 bits per heavy atom. The molecule has 0 radical (unpaired) electrons. The van der Waals surface area contributed by atoms with Crippen molar-refractivity contribution >= 4 is 23.3 Å². The third kappa shape index (κ3) is 3.37. The lowest BCUT2D eigenvalue weighted by Crippen LogP contribution is -2.07. The minimum absolute atomic E-state index is 0.215. The van der Waals surface area contributed by atoms with Gasteiger partial charge in [0.05, 0.1) is 5.02 Å². The minimum Gasteiger partial charge on any atom is -0.432 e. The van der Waals surface area contributed by atoms with Crippen LogP contribution in [-0.4, -0.2) is 31.1 Å². The third-order valence-electron chi connectivity index (χ3n) is 4.01. The van der Waals surface area contributed by atoms with Crippen LogP contribution in [0.3, 0.4) is 0 Å². The first-order chi connectivity index (χ1) is 13.5. The van der Waals surface area contributed by atoms with E-state index in [0.717, 1.165) is 5.56 Å². The third-order valence-corrected chi connectivity index (χ3v) is 4.34. The number of rotatable bonds is 4. The number of nitrogens with zero attached hydrogens (tertiary/aromatic N) is 4. The average molecular weight is 395 g/mol. The first-order valence-corrected chi connectivity index (χ1v) is 8.77. The van der Waals surface area contributed by atoms with Gasteiger partial charge in [0.1, 0.15) is 17.8 Å². The molecular weight excluding hydrogens is 380 g/mol. The van der Waals surface area contributed by atoms with Crippen LogP contribution < -0.4 is 5.32 Å². The molecule has 1 aromatic carbocycles. The fraction of sp³-hybridized carbons (Fsp3) is 0.105. The quantitative estimate of drug-likeness (QED) is 0.539. The number of halogens is 1. The van der Waals surface area contributed by atoms with Gasteiger partial charge in [-0.3, -0.25) is 9.89 Å². The highest BCUT2D eigenvalue weighted by atomic mass is 35.5. The lowest BCUT2D eigenvalue weighted by atomic mass is 10.1. The van der Waals surface area contributed by atoms with Gasteiger partial charge in [-0.15, -0.1) is 0 Å². The smallest absolute Gasteiger partial charge is 0.228 e. The number of hydrogen-bond acceptors (Lipinski definition) is 6. The van der Waals surface area contributed by atoms with Crippen molar-refractivity contribution in [3.05, 3.63) is 53.4 Å². The molecule has 140 valence electrons. The standard InChI is InChI=1S/C19H15ClN6O2/c1-10-8-21-15(24-11(2)27)7-13(10)19-25-16(12-5-3-4-6-14(12)20)17(28-19)18-22-9-23-26-18/h3-9H,1-2H3,(H,21,24,27)(H,22,23,26). The topological polar surface area (TPSA) is 110 Å². The Kier molecular flexibility index (Phi) is 4.62. The van der Waals surface area contributed by atoms with E-state index >= 15 is 0 Å². The van der Waals surface area contributed by atoms with Crippen LogP contribution in [0.2, 0.25) is 5.02 Å². The summed E-state index contributed by atoms with van der Waals surface area (Å²) in [6, 6.07) is 9.04. The van der Waals surface area contributed by atoms with Crippen molar-refractivity contribution in [1.29, 1.82) is 0 Å². The second kappa shape index (κ2) is 7.24. The number of nitrogens with one attached hydrogen (secondary N) is 2. The number of aryl methyl sites for hydroxylation is 1. The van der Waals surface area contributed by atoms with Gasteiger partial charge in [-0.05, 0) is 24.6 Å². The van der Waals surface area contributed by atoms with Crippen molar-refractivity contribution in [2.24, 2.45) is 0 Å². The molecule has 3 heterocycles. The van der Waals surface area contributed by atoms with Gasteiger partial charge in [0.15, 0.2) is 0 Å². The number of amides is 1. The Balaban J connectivity index is 1.90. The van der Waals surface area contributed by atoms with Crippen molar-refractivity contribution in [2.75, 3.05) is 5.32 Å². The van der Waals surface area contributed by atoms with Crippen molar-refractivity contribution in [3.8, 4) is 34.3 Å². The molecule has 1 amide bonds. The summed E-state index contributed by atoms with van der Waals surface area (Å²) in [5.74, 6) is 1.29. The summed E-state index contributed by atoms with van der Waals surface area (Å²) in [7, 11) is 0. The SMILES string of the molecule is CC(=O)Nc1cc(-c2nc(-c3ccccc3Cl)c(-c3nc[nH]n3)o2)c(C)cn1. The maximum atomic E-state index is 11.4. The van der Waals surface area contributed by atoms with Crippen LogP contribution in [0, 0.1) is 6.92 Å². The number of aromatic nitrogens is 5. The summed E-state index contributed by atoms with van der Waals surface area (Å²) in [5, 5.41) is 9.97. The molecule has 9 heteroatoms. The summed E-state index contributed by atoms with van der Waals surface area (Å²) >= 11 is 6.37. The molecule has 0 saturated carbocycles. The van der Waals surface area contributed by atoms with Crippen LogP contribution in [0.1, 0.15) is 12.5 Å². The zero-order valence-corrected chi connectivity index (χ0v) is 15.8. The molecule has 2 N–H and O–H groups in total. The number of carbonyl (C=O) groups is 1. The van der Waals surface area contributed by atoms with E-state index in [4.69, 9.17) is 16.0 Å². The number of H-pyrrole nitrogens is 1. The van der Waals surface area contributed by atoms with Crippen molar-refractivity contribution < 1.29 is 9.21 Å². The molecule has 0 aliphatic carbocycles. The molecule has 0 spiro atoms. The molecule has 28 heavy (non-hydrogen) atoms. The Hall–Kier alpha value is -3.52. The Morgan fingerprint density at radius 1 is 1.21 bits per heavy atom. The number of pyridine rings is 1. The molecule has 3 aromatic heterocycles. The Labute approximate surface area is 165 Å². The molecule has 0 aliphatic heterocycles. The number of benzene rings is 1. The van der Waals surface area contributed by atoms with E-state index < -0.39 is 0 Å². The van der Waals surface area contributed by atoms with Crippen LogP contribution in [-0.2, 0) is 4.79 Å². The highest BCUT2D eigenvalue weighted by molar-refractivity contribution is 6.33. The maximum absolute atomic E-state index is 11.4. The number of oxazole rings is 1. The van der Waals surface area contributed by atoms with Crippen molar-refractivity contribution in [1.82, 2.24) is 25.1 Å². The van der Waals surface area contributed by atoms with Crippen LogP contribution in [0.5, 0.6) is 0 Å². The normalized spacial score (nSPS) is 10.8.